The van der Waals surface area contributed by atoms with Crippen LogP contribution in [-0.2, 0) is 0 Å². The number of rotatable bonds is 3. The zero-order valence-corrected chi connectivity index (χ0v) is 10.5. The first-order valence-corrected chi connectivity index (χ1v) is 5.92. The Morgan fingerprint density at radius 2 is 2.06 bits per heavy atom. The Balaban J connectivity index is 2.27. The van der Waals surface area contributed by atoms with Gasteiger partial charge in [-0.05, 0) is 31.2 Å². The van der Waals surface area contributed by atoms with Crippen LogP contribution in [0.2, 0.25) is 0 Å². The first-order chi connectivity index (χ1) is 7.79. The van der Waals surface area contributed by atoms with Gasteiger partial charge < -0.3 is 5.32 Å². The van der Waals surface area contributed by atoms with Crippen LogP contribution in [0.25, 0.3) is 11.3 Å². The molecule has 0 saturated heterocycles. The summed E-state index contributed by atoms with van der Waals surface area (Å²) in [6.07, 6.45) is 0. The number of hydrogen-bond acceptors (Lipinski definition) is 3. The van der Waals surface area contributed by atoms with Gasteiger partial charge in [0.25, 0.3) is 0 Å². The third-order valence-electron chi connectivity index (χ3n) is 2.14. The largest absolute Gasteiger partial charge is 0.369 e. The van der Waals surface area contributed by atoms with Gasteiger partial charge in [-0.1, -0.05) is 28.1 Å². The fourth-order valence-corrected chi connectivity index (χ4v) is 1.81. The number of nitrogens with zero attached hydrogens (tertiary/aromatic N) is 2. The molecular weight excluding hydrogens is 266 g/mol. The van der Waals surface area contributed by atoms with Crippen molar-refractivity contribution in [2.24, 2.45) is 0 Å². The van der Waals surface area contributed by atoms with Gasteiger partial charge in [-0.25, -0.2) is 0 Å². The molecule has 0 unspecified atom stereocenters. The second kappa shape index (κ2) is 5.07. The van der Waals surface area contributed by atoms with E-state index in [4.69, 9.17) is 0 Å². The van der Waals surface area contributed by atoms with E-state index in [9.17, 15) is 0 Å². The Morgan fingerprint density at radius 3 is 2.69 bits per heavy atom. The molecule has 1 heterocycles. The molecule has 1 aromatic carbocycles. The lowest BCUT2D eigenvalue weighted by molar-refractivity contribution is 1.02. The highest BCUT2D eigenvalue weighted by molar-refractivity contribution is 9.10. The lowest BCUT2D eigenvalue weighted by Crippen LogP contribution is -2.00. The molecule has 0 fully saturated rings. The number of hydrogen-bond donors (Lipinski definition) is 1. The average molecular weight is 278 g/mol. The van der Waals surface area contributed by atoms with Gasteiger partial charge in [0.15, 0.2) is 0 Å². The van der Waals surface area contributed by atoms with Crippen LogP contribution < -0.4 is 5.32 Å². The third-order valence-corrected chi connectivity index (χ3v) is 2.64. The molecule has 0 atom stereocenters. The summed E-state index contributed by atoms with van der Waals surface area (Å²) in [5.74, 6) is 0.807. The van der Waals surface area contributed by atoms with Crippen LogP contribution in [-0.4, -0.2) is 16.7 Å². The highest BCUT2D eigenvalue weighted by Crippen LogP contribution is 2.21. The molecule has 16 heavy (non-hydrogen) atoms. The van der Waals surface area contributed by atoms with Crippen LogP contribution in [0.3, 0.4) is 0 Å². The highest BCUT2D eigenvalue weighted by atomic mass is 79.9. The standard InChI is InChI=1S/C12H12BrN3/c1-2-14-12-7-6-11(15-16-12)9-4-3-5-10(13)8-9/h3-8H,2H2,1H3,(H,14,16). The molecule has 3 nitrogen and oxygen atoms in total. The van der Waals surface area contributed by atoms with Crippen molar-refractivity contribution in [2.75, 3.05) is 11.9 Å². The molecule has 0 saturated carbocycles. The second-order valence-electron chi connectivity index (χ2n) is 3.34. The summed E-state index contributed by atoms with van der Waals surface area (Å²) in [5, 5.41) is 11.4. The maximum atomic E-state index is 4.18. The van der Waals surface area contributed by atoms with Gasteiger partial charge >= 0.3 is 0 Å². The fourth-order valence-electron chi connectivity index (χ4n) is 1.41. The third kappa shape index (κ3) is 2.58. The van der Waals surface area contributed by atoms with E-state index < -0.39 is 0 Å². The Morgan fingerprint density at radius 1 is 1.19 bits per heavy atom. The molecule has 2 aromatic rings. The summed E-state index contributed by atoms with van der Waals surface area (Å²) in [6, 6.07) is 11.9. The van der Waals surface area contributed by atoms with Crippen molar-refractivity contribution in [3.05, 3.63) is 40.9 Å². The topological polar surface area (TPSA) is 37.8 Å². The zero-order chi connectivity index (χ0) is 11.4. The molecule has 4 heteroatoms. The maximum absolute atomic E-state index is 4.18. The lowest BCUT2D eigenvalue weighted by atomic mass is 10.1. The average Bonchev–Trinajstić information content (AvgIpc) is 2.30. The summed E-state index contributed by atoms with van der Waals surface area (Å²) < 4.78 is 1.04. The molecule has 0 radical (unpaired) electrons. The van der Waals surface area contributed by atoms with Crippen LogP contribution in [0.5, 0.6) is 0 Å². The Hall–Kier alpha value is -1.42. The number of anilines is 1. The van der Waals surface area contributed by atoms with Crippen molar-refractivity contribution in [2.45, 2.75) is 6.92 Å². The monoisotopic (exact) mass is 277 g/mol. The second-order valence-corrected chi connectivity index (χ2v) is 4.26. The Bertz CT molecular complexity index is 468. The van der Waals surface area contributed by atoms with Crippen LogP contribution in [0, 0.1) is 0 Å². The summed E-state index contributed by atoms with van der Waals surface area (Å²) in [4.78, 5) is 0. The van der Waals surface area contributed by atoms with Crippen LogP contribution >= 0.6 is 15.9 Å². The number of halogens is 1. The number of nitrogens with one attached hydrogen (secondary N) is 1. The predicted molar refractivity (Wildman–Crippen MR) is 69.3 cm³/mol. The maximum Gasteiger partial charge on any atom is 0.148 e. The van der Waals surface area contributed by atoms with E-state index in [1.54, 1.807) is 0 Å². The minimum atomic E-state index is 0.807. The van der Waals surface area contributed by atoms with Gasteiger partial charge in [0, 0.05) is 16.6 Å². The molecule has 0 spiro atoms. The first kappa shape index (κ1) is 11.1. The van der Waals surface area contributed by atoms with Crippen molar-refractivity contribution >= 4 is 21.7 Å². The van der Waals surface area contributed by atoms with Gasteiger partial charge in [-0.2, -0.15) is 0 Å². The van der Waals surface area contributed by atoms with E-state index in [0.717, 1.165) is 28.1 Å². The van der Waals surface area contributed by atoms with Gasteiger partial charge in [0.1, 0.15) is 5.82 Å². The lowest BCUT2D eigenvalue weighted by Gasteiger charge is -2.03. The fraction of sp³-hybridized carbons (Fsp3) is 0.167. The highest BCUT2D eigenvalue weighted by Gasteiger charge is 2.00. The molecule has 1 N–H and O–H groups in total. The van der Waals surface area contributed by atoms with Crippen LogP contribution in [0.1, 0.15) is 6.92 Å². The number of benzene rings is 1. The molecule has 82 valence electrons. The SMILES string of the molecule is CCNc1ccc(-c2cccc(Br)c2)nn1. The summed E-state index contributed by atoms with van der Waals surface area (Å²) in [6.45, 7) is 2.88. The molecule has 2 rings (SSSR count). The van der Waals surface area contributed by atoms with Gasteiger partial charge in [0.05, 0.1) is 5.69 Å². The van der Waals surface area contributed by atoms with Gasteiger partial charge in [0.2, 0.25) is 0 Å². The molecule has 1 aromatic heterocycles. The van der Waals surface area contributed by atoms with E-state index in [0.29, 0.717) is 0 Å². The van der Waals surface area contributed by atoms with Gasteiger partial charge in [-0.15, -0.1) is 10.2 Å². The minimum Gasteiger partial charge on any atom is -0.369 e. The van der Waals surface area contributed by atoms with Gasteiger partial charge in [-0.3, -0.25) is 0 Å². The minimum absolute atomic E-state index is 0.807. The quantitative estimate of drug-likeness (QED) is 0.935. The molecule has 0 aliphatic carbocycles. The molecular formula is C12H12BrN3. The summed E-state index contributed by atoms with van der Waals surface area (Å²) in [5.41, 5.74) is 1.94. The normalized spacial score (nSPS) is 10.1. The molecule has 0 aliphatic rings. The predicted octanol–water partition coefficient (Wildman–Crippen LogP) is 3.34. The Kier molecular flexibility index (Phi) is 3.51. The van der Waals surface area contributed by atoms with Crippen molar-refractivity contribution in [1.82, 2.24) is 10.2 Å². The summed E-state index contributed by atoms with van der Waals surface area (Å²) >= 11 is 3.44. The van der Waals surface area contributed by atoms with E-state index in [2.05, 4.69) is 31.4 Å². The van der Waals surface area contributed by atoms with Crippen molar-refractivity contribution in [3.8, 4) is 11.3 Å². The number of aromatic nitrogens is 2. The van der Waals surface area contributed by atoms with Crippen molar-refractivity contribution in [1.29, 1.82) is 0 Å². The Labute approximate surface area is 103 Å². The van der Waals surface area contributed by atoms with Crippen molar-refractivity contribution < 1.29 is 0 Å². The van der Waals surface area contributed by atoms with E-state index in [1.807, 2.05) is 43.3 Å². The van der Waals surface area contributed by atoms with Crippen LogP contribution in [0.4, 0.5) is 5.82 Å². The smallest absolute Gasteiger partial charge is 0.148 e. The molecule has 0 amide bonds. The van der Waals surface area contributed by atoms with E-state index >= 15 is 0 Å². The van der Waals surface area contributed by atoms with Crippen molar-refractivity contribution in [3.63, 3.8) is 0 Å². The van der Waals surface area contributed by atoms with Crippen LogP contribution in [0.15, 0.2) is 40.9 Å². The zero-order valence-electron chi connectivity index (χ0n) is 8.94. The summed E-state index contributed by atoms with van der Waals surface area (Å²) in [7, 11) is 0. The van der Waals surface area contributed by atoms with E-state index in [1.165, 1.54) is 0 Å². The van der Waals surface area contributed by atoms with E-state index in [-0.39, 0.29) is 0 Å². The molecule has 0 aliphatic heterocycles. The first-order valence-electron chi connectivity index (χ1n) is 5.13. The molecule has 0 bridgehead atoms.